The first-order valence-corrected chi connectivity index (χ1v) is 6.75. The second-order valence-corrected chi connectivity index (χ2v) is 5.98. The quantitative estimate of drug-likeness (QED) is 0.812. The zero-order valence-electron chi connectivity index (χ0n) is 8.55. The molecule has 0 saturated carbocycles. The highest BCUT2D eigenvalue weighted by Crippen LogP contribution is 2.18. The van der Waals surface area contributed by atoms with E-state index < -0.39 is 9.84 Å². The summed E-state index contributed by atoms with van der Waals surface area (Å²) >= 11 is 0. The van der Waals surface area contributed by atoms with Gasteiger partial charge >= 0.3 is 0 Å². The Kier molecular flexibility index (Phi) is 2.79. The molecule has 1 aliphatic rings. The molecular weight excluding hydrogens is 226 g/mol. The normalized spacial score (nSPS) is 22.6. The van der Waals surface area contributed by atoms with Crippen LogP contribution in [0.2, 0.25) is 0 Å². The van der Waals surface area contributed by atoms with Crippen LogP contribution in [0.5, 0.6) is 0 Å². The summed E-state index contributed by atoms with van der Waals surface area (Å²) in [6.07, 6.45) is 2.12. The Balaban J connectivity index is 2.14. The van der Waals surface area contributed by atoms with Gasteiger partial charge in [0, 0.05) is 12.2 Å². The van der Waals surface area contributed by atoms with Crippen LogP contribution in [0.4, 0.5) is 5.69 Å². The van der Waals surface area contributed by atoms with Crippen LogP contribution in [0.1, 0.15) is 12.1 Å². The molecule has 0 amide bonds. The summed E-state index contributed by atoms with van der Waals surface area (Å²) in [6, 6.07) is 5.30. The van der Waals surface area contributed by atoms with E-state index >= 15 is 0 Å². The third-order valence-corrected chi connectivity index (χ3v) is 4.27. The number of aromatic nitrogens is 1. The lowest BCUT2D eigenvalue weighted by Crippen LogP contribution is -2.21. The van der Waals surface area contributed by atoms with E-state index in [0.29, 0.717) is 17.8 Å². The minimum absolute atomic E-state index is 0.110. The molecule has 1 N–H and O–H groups in total. The highest BCUT2D eigenvalue weighted by atomic mass is 32.2. The summed E-state index contributed by atoms with van der Waals surface area (Å²) in [5.41, 5.74) is 0.902. The van der Waals surface area contributed by atoms with Crippen LogP contribution in [-0.4, -0.2) is 30.9 Å². The lowest BCUT2D eigenvalue weighted by molar-refractivity contribution is 0.602. The molecule has 2 rings (SSSR count). The third-order valence-electron chi connectivity index (χ3n) is 2.51. The first-order valence-electron chi connectivity index (χ1n) is 4.93. The Hall–Kier alpha value is -1.61. The molecule has 1 aromatic heterocycles. The number of sulfone groups is 1. The van der Waals surface area contributed by atoms with Crippen LogP contribution >= 0.6 is 0 Å². The molecule has 1 atom stereocenters. The van der Waals surface area contributed by atoms with E-state index in [2.05, 4.69) is 10.3 Å². The molecular formula is C10H11N3O2S. The Bertz CT molecular complexity index is 533. The van der Waals surface area contributed by atoms with Crippen molar-refractivity contribution in [1.29, 1.82) is 5.26 Å². The van der Waals surface area contributed by atoms with E-state index in [1.165, 1.54) is 6.20 Å². The SMILES string of the molecule is N#Cc1ncccc1NC1CCS(=O)(=O)C1. The van der Waals surface area contributed by atoms with E-state index in [1.54, 1.807) is 12.1 Å². The van der Waals surface area contributed by atoms with Crippen molar-refractivity contribution < 1.29 is 8.42 Å². The van der Waals surface area contributed by atoms with E-state index in [-0.39, 0.29) is 17.5 Å². The van der Waals surface area contributed by atoms with Crippen LogP contribution in [-0.2, 0) is 9.84 Å². The van der Waals surface area contributed by atoms with Crippen molar-refractivity contribution in [1.82, 2.24) is 4.98 Å². The van der Waals surface area contributed by atoms with E-state index in [9.17, 15) is 8.42 Å². The van der Waals surface area contributed by atoms with Crippen LogP contribution in [0, 0.1) is 11.3 Å². The standard InChI is InChI=1S/C10H11N3O2S/c11-6-10-9(2-1-4-12-10)13-8-3-5-16(14,15)7-8/h1-2,4,8,13H,3,5,7H2. The van der Waals surface area contributed by atoms with E-state index in [4.69, 9.17) is 5.26 Å². The number of hydrogen-bond donors (Lipinski definition) is 1. The van der Waals surface area contributed by atoms with Crippen LogP contribution in [0.3, 0.4) is 0 Å². The maximum absolute atomic E-state index is 11.3. The zero-order valence-corrected chi connectivity index (χ0v) is 9.37. The van der Waals surface area contributed by atoms with Crippen molar-refractivity contribution >= 4 is 15.5 Å². The number of pyridine rings is 1. The van der Waals surface area contributed by atoms with E-state index in [0.717, 1.165) is 0 Å². The van der Waals surface area contributed by atoms with Gasteiger partial charge in [-0.1, -0.05) is 0 Å². The first kappa shape index (κ1) is 10.9. The monoisotopic (exact) mass is 237 g/mol. The molecule has 1 unspecified atom stereocenters. The molecule has 1 aliphatic heterocycles. The summed E-state index contributed by atoms with van der Waals surface area (Å²) in [5, 5.41) is 11.9. The van der Waals surface area contributed by atoms with Gasteiger partial charge in [-0.3, -0.25) is 0 Å². The van der Waals surface area contributed by atoms with Crippen molar-refractivity contribution in [2.75, 3.05) is 16.8 Å². The number of nitrogens with zero attached hydrogens (tertiary/aromatic N) is 2. The molecule has 1 saturated heterocycles. The van der Waals surface area contributed by atoms with Crippen molar-refractivity contribution in [3.8, 4) is 6.07 Å². The Labute approximate surface area is 94.0 Å². The Morgan fingerprint density at radius 2 is 2.38 bits per heavy atom. The molecule has 0 spiro atoms. The fourth-order valence-corrected chi connectivity index (χ4v) is 3.41. The molecule has 5 nitrogen and oxygen atoms in total. The van der Waals surface area contributed by atoms with Gasteiger partial charge < -0.3 is 5.32 Å². The number of anilines is 1. The minimum atomic E-state index is -2.90. The molecule has 2 heterocycles. The number of rotatable bonds is 2. The Morgan fingerprint density at radius 1 is 1.56 bits per heavy atom. The smallest absolute Gasteiger partial charge is 0.163 e. The number of hydrogen-bond acceptors (Lipinski definition) is 5. The van der Waals surface area contributed by atoms with Crippen LogP contribution < -0.4 is 5.32 Å². The first-order chi connectivity index (χ1) is 7.61. The number of nitriles is 1. The summed E-state index contributed by atoms with van der Waals surface area (Å²) in [5.74, 6) is 0.347. The summed E-state index contributed by atoms with van der Waals surface area (Å²) in [4.78, 5) is 3.90. The lowest BCUT2D eigenvalue weighted by atomic mass is 10.2. The van der Waals surface area contributed by atoms with Gasteiger partial charge in [-0.25, -0.2) is 13.4 Å². The van der Waals surface area contributed by atoms with Gasteiger partial charge in [0.15, 0.2) is 15.5 Å². The lowest BCUT2D eigenvalue weighted by Gasteiger charge is -2.12. The summed E-state index contributed by atoms with van der Waals surface area (Å²) in [6.45, 7) is 0. The largest absolute Gasteiger partial charge is 0.379 e. The average Bonchev–Trinajstić information content (AvgIpc) is 2.59. The van der Waals surface area contributed by atoms with Gasteiger partial charge in [0.25, 0.3) is 0 Å². The zero-order chi connectivity index (χ0) is 11.6. The highest BCUT2D eigenvalue weighted by molar-refractivity contribution is 7.91. The molecule has 1 fully saturated rings. The van der Waals surface area contributed by atoms with Gasteiger partial charge in [0.2, 0.25) is 0 Å². The third kappa shape index (κ3) is 2.31. The molecule has 0 aromatic carbocycles. The minimum Gasteiger partial charge on any atom is -0.379 e. The molecule has 0 radical (unpaired) electrons. The molecule has 1 aromatic rings. The van der Waals surface area contributed by atoms with Crippen molar-refractivity contribution in [2.24, 2.45) is 0 Å². The summed E-state index contributed by atoms with van der Waals surface area (Å²) < 4.78 is 22.5. The topological polar surface area (TPSA) is 82.8 Å². The molecule has 16 heavy (non-hydrogen) atoms. The van der Waals surface area contributed by atoms with Crippen LogP contribution in [0.25, 0.3) is 0 Å². The molecule has 6 heteroatoms. The van der Waals surface area contributed by atoms with Crippen molar-refractivity contribution in [2.45, 2.75) is 12.5 Å². The molecule has 84 valence electrons. The Morgan fingerprint density at radius 3 is 3.00 bits per heavy atom. The molecule has 0 bridgehead atoms. The van der Waals surface area contributed by atoms with Gasteiger partial charge in [-0.2, -0.15) is 5.26 Å². The average molecular weight is 237 g/mol. The maximum Gasteiger partial charge on any atom is 0.163 e. The highest BCUT2D eigenvalue weighted by Gasteiger charge is 2.28. The van der Waals surface area contributed by atoms with Crippen molar-refractivity contribution in [3.05, 3.63) is 24.0 Å². The number of nitrogens with one attached hydrogen (secondary N) is 1. The predicted octanol–water partition coefficient (Wildman–Crippen LogP) is 0.552. The van der Waals surface area contributed by atoms with Gasteiger partial charge in [-0.05, 0) is 18.6 Å². The van der Waals surface area contributed by atoms with Gasteiger partial charge in [0.05, 0.1) is 17.2 Å². The summed E-state index contributed by atoms with van der Waals surface area (Å²) in [7, 11) is -2.90. The van der Waals surface area contributed by atoms with E-state index in [1.807, 2.05) is 6.07 Å². The maximum atomic E-state index is 11.3. The fraction of sp³-hybridized carbons (Fsp3) is 0.400. The van der Waals surface area contributed by atoms with Crippen LogP contribution in [0.15, 0.2) is 18.3 Å². The second-order valence-electron chi connectivity index (χ2n) is 3.76. The second kappa shape index (κ2) is 4.10. The fourth-order valence-electron chi connectivity index (χ4n) is 1.74. The predicted molar refractivity (Wildman–Crippen MR) is 59.6 cm³/mol. The van der Waals surface area contributed by atoms with Gasteiger partial charge in [0.1, 0.15) is 6.07 Å². The molecule has 0 aliphatic carbocycles. The van der Waals surface area contributed by atoms with Crippen molar-refractivity contribution in [3.63, 3.8) is 0 Å². The van der Waals surface area contributed by atoms with Gasteiger partial charge in [-0.15, -0.1) is 0 Å².